The van der Waals surface area contributed by atoms with Crippen LogP contribution in [0, 0.1) is 16.0 Å². The second-order valence-electron chi connectivity index (χ2n) is 5.26. The highest BCUT2D eigenvalue weighted by molar-refractivity contribution is 5.82. The molecule has 3 atom stereocenters. The first-order valence-electron chi connectivity index (χ1n) is 7.00. The van der Waals surface area contributed by atoms with Gasteiger partial charge in [0.2, 0.25) is 0 Å². The number of allylic oxidation sites excluding steroid dienone is 2. The Morgan fingerprint density at radius 1 is 1.52 bits per heavy atom. The molecule has 1 aromatic carbocycles. The Labute approximate surface area is 121 Å². The van der Waals surface area contributed by atoms with Gasteiger partial charge in [0.25, 0.3) is 5.69 Å². The molecule has 3 rings (SSSR count). The van der Waals surface area contributed by atoms with E-state index in [2.05, 4.69) is 5.32 Å². The smallest absolute Gasteiger partial charge is 0.328 e. The van der Waals surface area contributed by atoms with Crippen LogP contribution in [0.3, 0.4) is 0 Å². The predicted octanol–water partition coefficient (Wildman–Crippen LogP) is 2.61. The minimum atomic E-state index is -0.404. The first-order chi connectivity index (χ1) is 10.1. The maximum absolute atomic E-state index is 12.1. The number of esters is 1. The highest BCUT2D eigenvalue weighted by atomic mass is 16.6. The predicted molar refractivity (Wildman–Crippen MR) is 77.1 cm³/mol. The van der Waals surface area contributed by atoms with Gasteiger partial charge < -0.3 is 10.1 Å². The lowest BCUT2D eigenvalue weighted by molar-refractivity contribution is -0.384. The van der Waals surface area contributed by atoms with Crippen molar-refractivity contribution in [3.8, 4) is 0 Å². The van der Waals surface area contributed by atoms with Crippen molar-refractivity contribution in [3.05, 3.63) is 46.0 Å². The normalized spacial score (nSPS) is 25.7. The lowest BCUT2D eigenvalue weighted by atomic mass is 9.79. The number of rotatable bonds is 3. The summed E-state index contributed by atoms with van der Waals surface area (Å²) < 4.78 is 5.13. The molecule has 21 heavy (non-hydrogen) atoms. The number of carbonyl (C=O) groups is 1. The van der Waals surface area contributed by atoms with Gasteiger partial charge in [-0.05, 0) is 25.0 Å². The van der Waals surface area contributed by atoms with E-state index in [1.807, 2.05) is 12.2 Å². The number of non-ortho nitro benzene ring substituents is 1. The van der Waals surface area contributed by atoms with Crippen molar-refractivity contribution in [1.29, 1.82) is 0 Å². The number of anilines is 1. The molecule has 1 N–H and O–H groups in total. The molecule has 0 amide bonds. The van der Waals surface area contributed by atoms with Crippen molar-refractivity contribution in [2.75, 3.05) is 11.9 Å². The van der Waals surface area contributed by atoms with Gasteiger partial charge in [0.15, 0.2) is 0 Å². The summed E-state index contributed by atoms with van der Waals surface area (Å²) >= 11 is 0. The van der Waals surface area contributed by atoms with Gasteiger partial charge in [-0.15, -0.1) is 0 Å². The fraction of sp³-hybridized carbons (Fsp3) is 0.400. The number of hydrogen-bond acceptors (Lipinski definition) is 5. The molecule has 1 aliphatic heterocycles. The molecule has 6 heteroatoms. The van der Waals surface area contributed by atoms with Gasteiger partial charge in [-0.1, -0.05) is 12.2 Å². The van der Waals surface area contributed by atoms with Crippen LogP contribution in [0.4, 0.5) is 11.4 Å². The summed E-state index contributed by atoms with van der Waals surface area (Å²) in [5.41, 5.74) is 1.72. The van der Waals surface area contributed by atoms with Crippen LogP contribution in [0.2, 0.25) is 0 Å². The van der Waals surface area contributed by atoms with Crippen molar-refractivity contribution < 1.29 is 14.5 Å². The number of ether oxygens (including phenoxy) is 1. The topological polar surface area (TPSA) is 81.5 Å². The van der Waals surface area contributed by atoms with E-state index in [-0.39, 0.29) is 23.5 Å². The van der Waals surface area contributed by atoms with E-state index in [1.165, 1.54) is 6.07 Å². The van der Waals surface area contributed by atoms with Gasteiger partial charge >= 0.3 is 5.97 Å². The summed E-state index contributed by atoms with van der Waals surface area (Å²) in [6, 6.07) is 4.31. The number of hydrogen-bond donors (Lipinski definition) is 1. The number of nitro benzene ring substituents is 1. The standard InChI is InChI=1S/C15H16N2O4/c1-2-21-15(18)14-11-5-3-4-10(11)12-8-9(17(19)20)6-7-13(12)16-14/h3-4,6-8,10-11,14,16H,2,5H2,1H3/t10-,11-,14+/m0/s1. The third kappa shape index (κ3) is 2.26. The van der Waals surface area contributed by atoms with Crippen molar-refractivity contribution in [2.24, 2.45) is 5.92 Å². The lowest BCUT2D eigenvalue weighted by Crippen LogP contribution is -2.42. The average Bonchev–Trinajstić information content (AvgIpc) is 2.95. The van der Waals surface area contributed by atoms with Crippen molar-refractivity contribution in [3.63, 3.8) is 0 Å². The van der Waals surface area contributed by atoms with Crippen LogP contribution in [0.1, 0.15) is 24.8 Å². The molecule has 0 saturated heterocycles. The van der Waals surface area contributed by atoms with Crippen molar-refractivity contribution in [1.82, 2.24) is 0 Å². The Kier molecular flexibility index (Phi) is 3.37. The van der Waals surface area contributed by atoms with Crippen LogP contribution in [0.15, 0.2) is 30.4 Å². The first kappa shape index (κ1) is 13.6. The molecule has 0 saturated carbocycles. The highest BCUT2D eigenvalue weighted by Crippen LogP contribution is 2.45. The van der Waals surface area contributed by atoms with Crippen molar-refractivity contribution in [2.45, 2.75) is 25.3 Å². The Morgan fingerprint density at radius 3 is 3.05 bits per heavy atom. The summed E-state index contributed by atoms with van der Waals surface area (Å²) in [7, 11) is 0. The third-order valence-electron chi connectivity index (χ3n) is 4.10. The molecule has 0 radical (unpaired) electrons. The fourth-order valence-electron chi connectivity index (χ4n) is 3.16. The van der Waals surface area contributed by atoms with E-state index in [0.29, 0.717) is 6.61 Å². The van der Waals surface area contributed by atoms with Gasteiger partial charge in [0, 0.05) is 29.7 Å². The van der Waals surface area contributed by atoms with Crippen LogP contribution >= 0.6 is 0 Å². The second-order valence-corrected chi connectivity index (χ2v) is 5.26. The molecule has 0 spiro atoms. The third-order valence-corrected chi connectivity index (χ3v) is 4.10. The Bertz CT molecular complexity index is 626. The summed E-state index contributed by atoms with van der Waals surface area (Å²) in [5, 5.41) is 14.1. The zero-order chi connectivity index (χ0) is 15.0. The van der Waals surface area contributed by atoms with E-state index >= 15 is 0 Å². The first-order valence-corrected chi connectivity index (χ1v) is 7.00. The van der Waals surface area contributed by atoms with E-state index in [9.17, 15) is 14.9 Å². The number of nitro groups is 1. The van der Waals surface area contributed by atoms with Crippen LogP contribution in [-0.2, 0) is 9.53 Å². The fourth-order valence-corrected chi connectivity index (χ4v) is 3.16. The van der Waals surface area contributed by atoms with Crippen LogP contribution in [0.5, 0.6) is 0 Å². The number of benzene rings is 1. The maximum atomic E-state index is 12.1. The summed E-state index contributed by atoms with van der Waals surface area (Å²) in [4.78, 5) is 22.6. The van der Waals surface area contributed by atoms with Gasteiger partial charge in [-0.2, -0.15) is 0 Å². The van der Waals surface area contributed by atoms with Crippen LogP contribution in [0.25, 0.3) is 0 Å². The molecule has 1 heterocycles. The number of nitrogens with one attached hydrogen (secondary N) is 1. The van der Waals surface area contributed by atoms with Gasteiger partial charge in [-0.25, -0.2) is 4.79 Å². The molecular formula is C15H16N2O4. The lowest BCUT2D eigenvalue weighted by Gasteiger charge is -2.35. The summed E-state index contributed by atoms with van der Waals surface area (Å²) in [5.74, 6) is -0.186. The quantitative estimate of drug-likeness (QED) is 0.400. The molecule has 0 unspecified atom stereocenters. The van der Waals surface area contributed by atoms with Gasteiger partial charge in [0.05, 0.1) is 11.5 Å². The average molecular weight is 288 g/mol. The number of fused-ring (bicyclic) bond motifs is 3. The number of carbonyl (C=O) groups excluding carboxylic acids is 1. The van der Waals surface area contributed by atoms with E-state index in [0.717, 1.165) is 17.7 Å². The number of nitrogens with zero attached hydrogens (tertiary/aromatic N) is 1. The zero-order valence-electron chi connectivity index (χ0n) is 11.6. The highest BCUT2D eigenvalue weighted by Gasteiger charge is 2.41. The molecule has 2 aliphatic rings. The second kappa shape index (κ2) is 5.20. The Morgan fingerprint density at radius 2 is 2.33 bits per heavy atom. The zero-order valence-corrected chi connectivity index (χ0v) is 11.6. The maximum Gasteiger partial charge on any atom is 0.328 e. The van der Waals surface area contributed by atoms with Crippen LogP contribution < -0.4 is 5.32 Å². The molecular weight excluding hydrogens is 272 g/mol. The Balaban J connectivity index is 1.98. The van der Waals surface area contributed by atoms with Crippen LogP contribution in [-0.4, -0.2) is 23.5 Å². The monoisotopic (exact) mass is 288 g/mol. The van der Waals surface area contributed by atoms with E-state index in [1.54, 1.807) is 19.1 Å². The molecule has 0 fully saturated rings. The van der Waals surface area contributed by atoms with Gasteiger partial charge in [0.1, 0.15) is 6.04 Å². The van der Waals surface area contributed by atoms with Crippen molar-refractivity contribution >= 4 is 17.3 Å². The van der Waals surface area contributed by atoms with E-state index < -0.39 is 11.0 Å². The molecule has 0 aromatic heterocycles. The van der Waals surface area contributed by atoms with Gasteiger partial charge in [-0.3, -0.25) is 10.1 Å². The summed E-state index contributed by atoms with van der Waals surface area (Å²) in [6.45, 7) is 2.12. The minimum Gasteiger partial charge on any atom is -0.464 e. The molecule has 1 aliphatic carbocycles. The Hall–Kier alpha value is -2.37. The molecule has 110 valence electrons. The summed E-state index contributed by atoms with van der Waals surface area (Å²) in [6.07, 6.45) is 4.82. The minimum absolute atomic E-state index is 0.0237. The molecule has 0 bridgehead atoms. The molecule has 1 aromatic rings. The SMILES string of the molecule is CCOC(=O)[C@@H]1Nc2ccc([N+](=O)[O-])cc2[C@H]2C=CC[C@@H]21. The molecule has 6 nitrogen and oxygen atoms in total. The largest absolute Gasteiger partial charge is 0.464 e. The van der Waals surface area contributed by atoms with E-state index in [4.69, 9.17) is 4.74 Å².